The van der Waals surface area contributed by atoms with Crippen molar-refractivity contribution in [1.29, 1.82) is 0 Å². The maximum Gasteiger partial charge on any atom is 0.293 e. The molecule has 98 valence electrons. The Balaban J connectivity index is 3.05. The van der Waals surface area contributed by atoms with Gasteiger partial charge in [0.1, 0.15) is 5.69 Å². The standard InChI is InChI=1S/C12H16N2O4/c1-8(15)9-4-5-10(11(6-9)14(17)18)13-7-12(2,3)16/h4-6,13,16H,7H2,1-3H3. The molecule has 1 aromatic carbocycles. The van der Waals surface area contributed by atoms with Gasteiger partial charge in [0.2, 0.25) is 0 Å². The van der Waals surface area contributed by atoms with Gasteiger partial charge in [-0.15, -0.1) is 0 Å². The average molecular weight is 252 g/mol. The predicted molar refractivity (Wildman–Crippen MR) is 67.9 cm³/mol. The summed E-state index contributed by atoms with van der Waals surface area (Å²) in [5.74, 6) is -0.230. The summed E-state index contributed by atoms with van der Waals surface area (Å²) < 4.78 is 0. The third-order valence-electron chi connectivity index (χ3n) is 2.31. The van der Waals surface area contributed by atoms with Gasteiger partial charge in [-0.2, -0.15) is 0 Å². The minimum absolute atomic E-state index is 0.174. The van der Waals surface area contributed by atoms with Gasteiger partial charge < -0.3 is 10.4 Å². The van der Waals surface area contributed by atoms with Crippen LogP contribution < -0.4 is 5.32 Å². The largest absolute Gasteiger partial charge is 0.389 e. The quantitative estimate of drug-likeness (QED) is 0.475. The van der Waals surface area contributed by atoms with Crippen molar-refractivity contribution < 1.29 is 14.8 Å². The molecule has 0 fully saturated rings. The first-order valence-electron chi connectivity index (χ1n) is 5.46. The van der Waals surface area contributed by atoms with E-state index in [0.29, 0.717) is 0 Å². The molecule has 0 aromatic heterocycles. The lowest BCUT2D eigenvalue weighted by molar-refractivity contribution is -0.384. The molecule has 0 atom stereocenters. The van der Waals surface area contributed by atoms with Crippen LogP contribution >= 0.6 is 0 Å². The molecule has 1 rings (SSSR count). The third kappa shape index (κ3) is 3.81. The van der Waals surface area contributed by atoms with E-state index in [0.717, 1.165) is 0 Å². The van der Waals surface area contributed by atoms with E-state index in [1.165, 1.54) is 25.1 Å². The molecular weight excluding hydrogens is 236 g/mol. The molecule has 6 nitrogen and oxygen atoms in total. The van der Waals surface area contributed by atoms with Crippen LogP contribution in [0.15, 0.2) is 18.2 Å². The highest BCUT2D eigenvalue weighted by molar-refractivity contribution is 5.95. The van der Waals surface area contributed by atoms with Crippen LogP contribution in [0.25, 0.3) is 0 Å². The molecule has 0 aliphatic heterocycles. The Bertz CT molecular complexity index is 477. The molecule has 18 heavy (non-hydrogen) atoms. The van der Waals surface area contributed by atoms with Crippen molar-refractivity contribution in [2.75, 3.05) is 11.9 Å². The van der Waals surface area contributed by atoms with Gasteiger partial charge in [0, 0.05) is 18.2 Å². The number of hydrogen-bond acceptors (Lipinski definition) is 5. The first-order valence-corrected chi connectivity index (χ1v) is 5.46. The van der Waals surface area contributed by atoms with E-state index in [1.807, 2.05) is 0 Å². The second-order valence-electron chi connectivity index (χ2n) is 4.71. The number of benzene rings is 1. The van der Waals surface area contributed by atoms with Crippen molar-refractivity contribution in [2.24, 2.45) is 0 Å². The number of anilines is 1. The Morgan fingerprint density at radius 3 is 2.56 bits per heavy atom. The lowest BCUT2D eigenvalue weighted by Crippen LogP contribution is -2.29. The number of rotatable bonds is 5. The van der Waals surface area contributed by atoms with E-state index in [1.54, 1.807) is 13.8 Å². The summed E-state index contributed by atoms with van der Waals surface area (Å²) in [6.07, 6.45) is 0. The van der Waals surface area contributed by atoms with E-state index >= 15 is 0 Å². The van der Waals surface area contributed by atoms with Crippen LogP contribution in [0.4, 0.5) is 11.4 Å². The van der Waals surface area contributed by atoms with Crippen molar-refractivity contribution in [1.82, 2.24) is 0 Å². The van der Waals surface area contributed by atoms with Crippen LogP contribution in [0.2, 0.25) is 0 Å². The van der Waals surface area contributed by atoms with E-state index in [9.17, 15) is 20.0 Å². The lowest BCUT2D eigenvalue weighted by Gasteiger charge is -2.18. The smallest absolute Gasteiger partial charge is 0.293 e. The summed E-state index contributed by atoms with van der Waals surface area (Å²) in [5.41, 5.74) is -0.581. The number of ketones is 1. The summed E-state index contributed by atoms with van der Waals surface area (Å²) in [6.45, 7) is 4.71. The maximum absolute atomic E-state index is 11.2. The fraction of sp³-hybridized carbons (Fsp3) is 0.417. The number of Topliss-reactive ketones (excluding diaryl/α,β-unsaturated/α-hetero) is 1. The van der Waals surface area contributed by atoms with Crippen LogP contribution in [0.1, 0.15) is 31.1 Å². The predicted octanol–water partition coefficient (Wildman–Crippen LogP) is 1.98. The SMILES string of the molecule is CC(=O)c1ccc(NCC(C)(C)O)c([N+](=O)[O-])c1. The molecule has 0 heterocycles. The number of hydrogen-bond donors (Lipinski definition) is 2. The van der Waals surface area contributed by atoms with Crippen LogP contribution in [-0.2, 0) is 0 Å². The first-order chi connectivity index (χ1) is 8.20. The van der Waals surface area contributed by atoms with Crippen LogP contribution in [-0.4, -0.2) is 28.0 Å². The molecular formula is C12H16N2O4. The molecule has 0 saturated heterocycles. The summed E-state index contributed by atoms with van der Waals surface area (Å²) >= 11 is 0. The molecule has 1 aromatic rings. The molecule has 2 N–H and O–H groups in total. The number of nitrogens with one attached hydrogen (secondary N) is 1. The highest BCUT2D eigenvalue weighted by atomic mass is 16.6. The number of aliphatic hydroxyl groups is 1. The van der Waals surface area contributed by atoms with Crippen molar-refractivity contribution in [3.63, 3.8) is 0 Å². The summed E-state index contributed by atoms with van der Waals surface area (Å²) in [7, 11) is 0. The molecule has 0 aliphatic rings. The lowest BCUT2D eigenvalue weighted by atomic mass is 10.1. The highest BCUT2D eigenvalue weighted by Gasteiger charge is 2.18. The topological polar surface area (TPSA) is 92.5 Å². The number of nitro benzene ring substituents is 1. The number of carbonyl (C=O) groups excluding carboxylic acids is 1. The van der Waals surface area contributed by atoms with Gasteiger partial charge >= 0.3 is 0 Å². The molecule has 0 spiro atoms. The Labute approximate surface area is 105 Å². The Hall–Kier alpha value is -1.95. The Morgan fingerprint density at radius 2 is 2.11 bits per heavy atom. The minimum Gasteiger partial charge on any atom is -0.389 e. The first kappa shape index (κ1) is 14.1. The zero-order valence-corrected chi connectivity index (χ0v) is 10.6. The van der Waals surface area contributed by atoms with Gasteiger partial charge in [0.25, 0.3) is 5.69 Å². The maximum atomic E-state index is 11.2. The molecule has 0 bridgehead atoms. The molecule has 6 heteroatoms. The van der Waals surface area contributed by atoms with Crippen molar-refractivity contribution in [3.8, 4) is 0 Å². The third-order valence-corrected chi connectivity index (χ3v) is 2.31. The van der Waals surface area contributed by atoms with Crippen molar-refractivity contribution >= 4 is 17.2 Å². The van der Waals surface area contributed by atoms with Gasteiger partial charge in [-0.05, 0) is 32.9 Å². The van der Waals surface area contributed by atoms with Gasteiger partial charge in [-0.1, -0.05) is 0 Å². The number of carbonyl (C=O) groups is 1. The van der Waals surface area contributed by atoms with Gasteiger partial charge in [-0.3, -0.25) is 14.9 Å². The van der Waals surface area contributed by atoms with Gasteiger partial charge in [-0.25, -0.2) is 0 Å². The van der Waals surface area contributed by atoms with Crippen LogP contribution in [0, 0.1) is 10.1 Å². The number of nitro groups is 1. The fourth-order valence-corrected chi connectivity index (χ4v) is 1.36. The molecule has 0 unspecified atom stereocenters. The molecule has 0 aliphatic carbocycles. The van der Waals surface area contributed by atoms with Gasteiger partial charge in [0.05, 0.1) is 10.5 Å². The van der Waals surface area contributed by atoms with Crippen molar-refractivity contribution in [2.45, 2.75) is 26.4 Å². The second kappa shape index (κ2) is 5.14. The summed E-state index contributed by atoms with van der Waals surface area (Å²) in [4.78, 5) is 21.5. The highest BCUT2D eigenvalue weighted by Crippen LogP contribution is 2.26. The van der Waals surface area contributed by atoms with Crippen LogP contribution in [0.3, 0.4) is 0 Å². The van der Waals surface area contributed by atoms with E-state index in [2.05, 4.69) is 5.32 Å². The Kier molecular flexibility index (Phi) is 4.03. The zero-order chi connectivity index (χ0) is 13.9. The molecule has 0 saturated carbocycles. The van der Waals surface area contributed by atoms with E-state index in [-0.39, 0.29) is 29.3 Å². The fourth-order valence-electron chi connectivity index (χ4n) is 1.36. The molecule has 0 radical (unpaired) electrons. The molecule has 0 amide bonds. The zero-order valence-electron chi connectivity index (χ0n) is 10.6. The van der Waals surface area contributed by atoms with Crippen LogP contribution in [0.5, 0.6) is 0 Å². The minimum atomic E-state index is -0.979. The normalized spacial score (nSPS) is 11.1. The van der Waals surface area contributed by atoms with E-state index in [4.69, 9.17) is 0 Å². The summed E-state index contributed by atoms with van der Waals surface area (Å²) in [6, 6.07) is 4.22. The number of nitrogens with zero attached hydrogens (tertiary/aromatic N) is 1. The summed E-state index contributed by atoms with van der Waals surface area (Å²) in [5, 5.41) is 23.3. The van der Waals surface area contributed by atoms with E-state index < -0.39 is 10.5 Å². The van der Waals surface area contributed by atoms with Crippen molar-refractivity contribution in [3.05, 3.63) is 33.9 Å². The Morgan fingerprint density at radius 1 is 1.50 bits per heavy atom. The average Bonchev–Trinajstić information content (AvgIpc) is 2.24. The monoisotopic (exact) mass is 252 g/mol. The van der Waals surface area contributed by atoms with Gasteiger partial charge in [0.15, 0.2) is 5.78 Å². The second-order valence-corrected chi connectivity index (χ2v) is 4.71.